The van der Waals surface area contributed by atoms with E-state index in [0.717, 1.165) is 26.1 Å². The van der Waals surface area contributed by atoms with Crippen LogP contribution in [-0.4, -0.2) is 42.8 Å². The summed E-state index contributed by atoms with van der Waals surface area (Å²) in [5.41, 5.74) is 1.69. The van der Waals surface area contributed by atoms with Crippen LogP contribution >= 0.6 is 0 Å². The summed E-state index contributed by atoms with van der Waals surface area (Å²) in [7, 11) is 1.57. The molecule has 1 amide bonds. The Bertz CT molecular complexity index is 440. The second-order valence-electron chi connectivity index (χ2n) is 4.05. The van der Waals surface area contributed by atoms with E-state index in [1.807, 2.05) is 0 Å². The van der Waals surface area contributed by atoms with E-state index in [4.69, 9.17) is 0 Å². The predicted octanol–water partition coefficient (Wildman–Crippen LogP) is 0.168. The fraction of sp³-hybridized carbons (Fsp3) is 0.417. The summed E-state index contributed by atoms with van der Waals surface area (Å²) in [5.74, 6) is 0.456. The zero-order valence-electron chi connectivity index (χ0n) is 10.4. The van der Waals surface area contributed by atoms with E-state index in [2.05, 4.69) is 32.2 Å². The molecular weight excluding hydrogens is 230 g/mol. The number of carbonyl (C=O) groups excluding carboxylic acids is 1. The highest BCUT2D eigenvalue weighted by Crippen LogP contribution is 2.07. The second kappa shape index (κ2) is 6.11. The number of hydrogen-bond donors (Lipinski definition) is 3. The van der Waals surface area contributed by atoms with Crippen molar-refractivity contribution in [1.29, 1.82) is 0 Å². The van der Waals surface area contributed by atoms with E-state index >= 15 is 0 Å². The van der Waals surface area contributed by atoms with Gasteiger partial charge in [-0.3, -0.25) is 4.79 Å². The van der Waals surface area contributed by atoms with Crippen LogP contribution in [0.5, 0.6) is 0 Å². The average molecular weight is 247 g/mol. The van der Waals surface area contributed by atoms with Gasteiger partial charge in [0.1, 0.15) is 5.82 Å². The first-order valence-corrected chi connectivity index (χ1v) is 5.98. The van der Waals surface area contributed by atoms with Crippen LogP contribution < -0.4 is 16.0 Å². The first kappa shape index (κ1) is 12.5. The van der Waals surface area contributed by atoms with Gasteiger partial charge in [-0.1, -0.05) is 11.6 Å². The van der Waals surface area contributed by atoms with Crippen molar-refractivity contribution >= 4 is 11.7 Å². The van der Waals surface area contributed by atoms with E-state index in [-0.39, 0.29) is 5.91 Å². The van der Waals surface area contributed by atoms with Gasteiger partial charge in [0.25, 0.3) is 5.91 Å². The second-order valence-corrected chi connectivity index (χ2v) is 4.05. The van der Waals surface area contributed by atoms with Crippen molar-refractivity contribution in [3.63, 3.8) is 0 Å². The van der Waals surface area contributed by atoms with Crippen LogP contribution in [0.2, 0.25) is 0 Å². The van der Waals surface area contributed by atoms with Gasteiger partial charge in [0.05, 0.1) is 0 Å². The lowest BCUT2D eigenvalue weighted by atomic mass is 10.1. The largest absolute Gasteiger partial charge is 0.365 e. The fourth-order valence-corrected chi connectivity index (χ4v) is 1.71. The van der Waals surface area contributed by atoms with Crippen molar-refractivity contribution in [2.45, 2.75) is 6.42 Å². The molecule has 2 heterocycles. The van der Waals surface area contributed by atoms with Crippen molar-refractivity contribution < 1.29 is 4.79 Å². The molecule has 0 atom stereocenters. The normalized spacial score (nSPS) is 14.8. The molecule has 0 fully saturated rings. The van der Waals surface area contributed by atoms with Crippen LogP contribution in [0.4, 0.5) is 5.82 Å². The third kappa shape index (κ3) is 3.27. The molecule has 1 aliphatic rings. The van der Waals surface area contributed by atoms with Gasteiger partial charge >= 0.3 is 0 Å². The van der Waals surface area contributed by atoms with E-state index in [1.165, 1.54) is 5.57 Å². The number of nitrogens with zero attached hydrogens (tertiary/aromatic N) is 2. The zero-order valence-corrected chi connectivity index (χ0v) is 10.4. The van der Waals surface area contributed by atoms with Crippen LogP contribution in [0, 0.1) is 0 Å². The Morgan fingerprint density at radius 3 is 2.94 bits per heavy atom. The first-order chi connectivity index (χ1) is 8.79. The summed E-state index contributed by atoms with van der Waals surface area (Å²) < 4.78 is 0. The third-order valence-corrected chi connectivity index (χ3v) is 2.78. The van der Waals surface area contributed by atoms with Crippen LogP contribution in [-0.2, 0) is 0 Å². The molecule has 0 bridgehead atoms. The van der Waals surface area contributed by atoms with Gasteiger partial charge in [0.15, 0.2) is 5.69 Å². The predicted molar refractivity (Wildman–Crippen MR) is 69.5 cm³/mol. The lowest BCUT2D eigenvalue weighted by Crippen LogP contribution is -2.23. The number of anilines is 1. The highest BCUT2D eigenvalue weighted by molar-refractivity contribution is 5.91. The minimum atomic E-state index is -0.227. The Morgan fingerprint density at radius 1 is 1.44 bits per heavy atom. The van der Waals surface area contributed by atoms with Gasteiger partial charge in [-0.05, 0) is 25.1 Å². The molecule has 1 aliphatic heterocycles. The highest BCUT2D eigenvalue weighted by Gasteiger charge is 2.06. The standard InChI is InChI=1S/C12H17N5O/c1-13-12(18)10-2-3-11(17-16-10)15-8-9-4-6-14-7-5-9/h2-4,14H,5-8H2,1H3,(H,13,18)(H,15,17). The molecule has 0 saturated heterocycles. The summed E-state index contributed by atoms with van der Waals surface area (Å²) in [4.78, 5) is 11.3. The van der Waals surface area contributed by atoms with E-state index in [1.54, 1.807) is 19.2 Å². The van der Waals surface area contributed by atoms with E-state index < -0.39 is 0 Å². The average Bonchev–Trinajstić information content (AvgIpc) is 2.46. The van der Waals surface area contributed by atoms with Crippen LogP contribution in [0.1, 0.15) is 16.9 Å². The summed E-state index contributed by atoms with van der Waals surface area (Å²) in [6, 6.07) is 3.42. The van der Waals surface area contributed by atoms with Crippen LogP contribution in [0.25, 0.3) is 0 Å². The molecular formula is C12H17N5O. The number of carbonyl (C=O) groups is 1. The maximum Gasteiger partial charge on any atom is 0.271 e. The number of aromatic nitrogens is 2. The first-order valence-electron chi connectivity index (χ1n) is 5.98. The van der Waals surface area contributed by atoms with Crippen molar-refractivity contribution in [3.05, 3.63) is 29.5 Å². The SMILES string of the molecule is CNC(=O)c1ccc(NCC2=CCNCC2)nn1. The Labute approximate surface area is 106 Å². The number of amides is 1. The molecule has 1 aromatic heterocycles. The molecule has 0 saturated carbocycles. The minimum Gasteiger partial charge on any atom is -0.365 e. The smallest absolute Gasteiger partial charge is 0.271 e. The van der Waals surface area contributed by atoms with Crippen molar-refractivity contribution in [3.8, 4) is 0 Å². The minimum absolute atomic E-state index is 0.227. The fourth-order valence-electron chi connectivity index (χ4n) is 1.71. The lowest BCUT2D eigenvalue weighted by molar-refractivity contribution is 0.0957. The van der Waals surface area contributed by atoms with E-state index in [9.17, 15) is 4.79 Å². The van der Waals surface area contributed by atoms with Crippen LogP contribution in [0.15, 0.2) is 23.8 Å². The molecule has 96 valence electrons. The summed E-state index contributed by atoms with van der Waals surface area (Å²) in [5, 5.41) is 16.8. The number of rotatable bonds is 4. The zero-order chi connectivity index (χ0) is 12.8. The third-order valence-electron chi connectivity index (χ3n) is 2.78. The Morgan fingerprint density at radius 2 is 2.33 bits per heavy atom. The Kier molecular flexibility index (Phi) is 4.25. The van der Waals surface area contributed by atoms with Crippen molar-refractivity contribution in [2.24, 2.45) is 0 Å². The molecule has 0 unspecified atom stereocenters. The van der Waals surface area contributed by atoms with Crippen LogP contribution in [0.3, 0.4) is 0 Å². The molecule has 6 nitrogen and oxygen atoms in total. The van der Waals surface area contributed by atoms with Gasteiger partial charge in [-0.25, -0.2) is 0 Å². The molecule has 0 aliphatic carbocycles. The maximum absolute atomic E-state index is 11.3. The van der Waals surface area contributed by atoms with E-state index in [0.29, 0.717) is 11.5 Å². The summed E-state index contributed by atoms with van der Waals surface area (Å²) in [6.07, 6.45) is 3.24. The molecule has 1 aromatic rings. The molecule has 0 aromatic carbocycles. The Hall–Kier alpha value is -1.95. The van der Waals surface area contributed by atoms with Gasteiger partial charge in [-0.2, -0.15) is 0 Å². The highest BCUT2D eigenvalue weighted by atomic mass is 16.1. The number of hydrogen-bond acceptors (Lipinski definition) is 5. The molecule has 0 radical (unpaired) electrons. The summed E-state index contributed by atoms with van der Waals surface area (Å²) >= 11 is 0. The topological polar surface area (TPSA) is 78.9 Å². The molecule has 6 heteroatoms. The van der Waals surface area contributed by atoms with Gasteiger partial charge in [0, 0.05) is 20.1 Å². The van der Waals surface area contributed by atoms with Gasteiger partial charge in [0.2, 0.25) is 0 Å². The maximum atomic E-state index is 11.3. The van der Waals surface area contributed by atoms with Crippen molar-refractivity contribution in [2.75, 3.05) is 32.0 Å². The lowest BCUT2D eigenvalue weighted by Gasteiger charge is -2.14. The quantitative estimate of drug-likeness (QED) is 0.661. The van der Waals surface area contributed by atoms with Crippen molar-refractivity contribution in [1.82, 2.24) is 20.8 Å². The molecule has 3 N–H and O–H groups in total. The van der Waals surface area contributed by atoms with Gasteiger partial charge < -0.3 is 16.0 Å². The monoisotopic (exact) mass is 247 g/mol. The number of nitrogens with one attached hydrogen (secondary N) is 3. The Balaban J connectivity index is 1.90. The molecule has 0 spiro atoms. The van der Waals surface area contributed by atoms with Gasteiger partial charge in [-0.15, -0.1) is 10.2 Å². The molecule has 18 heavy (non-hydrogen) atoms. The summed E-state index contributed by atoms with van der Waals surface area (Å²) in [6.45, 7) is 2.72. The molecule has 2 rings (SSSR count).